The van der Waals surface area contributed by atoms with E-state index in [4.69, 9.17) is 10.00 Å². The Hall–Kier alpha value is -2.20. The Kier molecular flexibility index (Phi) is 4.57. The molecule has 0 N–H and O–H groups in total. The van der Waals surface area contributed by atoms with Crippen molar-refractivity contribution in [2.75, 3.05) is 0 Å². The van der Waals surface area contributed by atoms with Crippen LogP contribution in [-0.4, -0.2) is 10.9 Å². The van der Waals surface area contributed by atoms with E-state index in [9.17, 15) is 14.9 Å². The SMILES string of the molecule is C=CCC(=O)Oc1c(Br)cc(C#N)cc1[N+](=O)[O-]. The summed E-state index contributed by atoms with van der Waals surface area (Å²) in [6.45, 7) is 3.36. The topological polar surface area (TPSA) is 93.2 Å². The highest BCUT2D eigenvalue weighted by Crippen LogP contribution is 2.36. The summed E-state index contributed by atoms with van der Waals surface area (Å²) in [5.41, 5.74) is -0.351. The summed E-state index contributed by atoms with van der Waals surface area (Å²) in [5.74, 6) is -0.885. The Morgan fingerprint density at radius 2 is 2.33 bits per heavy atom. The smallest absolute Gasteiger partial charge is 0.315 e. The highest BCUT2D eigenvalue weighted by Gasteiger charge is 2.22. The molecule has 0 heterocycles. The summed E-state index contributed by atoms with van der Waals surface area (Å²) in [4.78, 5) is 21.4. The van der Waals surface area contributed by atoms with Gasteiger partial charge in [-0.15, -0.1) is 6.58 Å². The van der Waals surface area contributed by atoms with Crippen LogP contribution in [0.15, 0.2) is 29.3 Å². The third kappa shape index (κ3) is 3.15. The molecule has 0 saturated heterocycles. The van der Waals surface area contributed by atoms with Gasteiger partial charge in [-0.1, -0.05) is 6.08 Å². The normalized spacial score (nSPS) is 9.33. The lowest BCUT2D eigenvalue weighted by atomic mass is 10.2. The number of esters is 1. The minimum atomic E-state index is -0.720. The molecule has 0 spiro atoms. The number of ether oxygens (including phenoxy) is 1. The second-order valence-electron chi connectivity index (χ2n) is 3.14. The van der Waals surface area contributed by atoms with Crippen LogP contribution in [0, 0.1) is 21.4 Å². The first kappa shape index (κ1) is 13.9. The Balaban J connectivity index is 3.25. The molecular weight excluding hydrogens is 304 g/mol. The number of hydrogen-bond donors (Lipinski definition) is 0. The number of rotatable bonds is 4. The number of halogens is 1. The monoisotopic (exact) mass is 310 g/mol. The van der Waals surface area contributed by atoms with E-state index in [1.54, 1.807) is 6.07 Å². The fourth-order valence-electron chi connectivity index (χ4n) is 1.15. The van der Waals surface area contributed by atoms with Crippen LogP contribution in [-0.2, 0) is 4.79 Å². The summed E-state index contributed by atoms with van der Waals surface area (Å²) in [7, 11) is 0. The van der Waals surface area contributed by atoms with E-state index >= 15 is 0 Å². The zero-order chi connectivity index (χ0) is 13.7. The van der Waals surface area contributed by atoms with Crippen LogP contribution in [0.4, 0.5) is 5.69 Å². The summed E-state index contributed by atoms with van der Waals surface area (Å²) in [6, 6.07) is 4.16. The number of carbonyl (C=O) groups excluding carboxylic acids is 1. The molecule has 0 aromatic heterocycles. The van der Waals surface area contributed by atoms with Gasteiger partial charge in [0.1, 0.15) is 0 Å². The van der Waals surface area contributed by atoms with Crippen LogP contribution >= 0.6 is 15.9 Å². The maximum Gasteiger partial charge on any atom is 0.315 e. The van der Waals surface area contributed by atoms with Crippen molar-refractivity contribution < 1.29 is 14.5 Å². The van der Waals surface area contributed by atoms with Crippen molar-refractivity contribution in [1.82, 2.24) is 0 Å². The summed E-state index contributed by atoms with van der Waals surface area (Å²) >= 11 is 3.03. The highest BCUT2D eigenvalue weighted by atomic mass is 79.9. The fraction of sp³-hybridized carbons (Fsp3) is 0.0909. The van der Waals surface area contributed by atoms with Gasteiger partial charge < -0.3 is 4.74 Å². The van der Waals surface area contributed by atoms with E-state index in [0.717, 1.165) is 6.07 Å². The van der Waals surface area contributed by atoms with Gasteiger partial charge in [-0.3, -0.25) is 14.9 Å². The summed E-state index contributed by atoms with van der Waals surface area (Å²) in [5, 5.41) is 19.6. The van der Waals surface area contributed by atoms with E-state index in [1.165, 1.54) is 12.1 Å². The molecular formula is C11H7BrN2O4. The number of nitro groups is 1. The lowest BCUT2D eigenvalue weighted by Crippen LogP contribution is -2.08. The van der Waals surface area contributed by atoms with Gasteiger partial charge in [0.05, 0.1) is 27.4 Å². The van der Waals surface area contributed by atoms with Crippen molar-refractivity contribution in [3.8, 4) is 11.8 Å². The van der Waals surface area contributed by atoms with E-state index in [-0.39, 0.29) is 22.2 Å². The van der Waals surface area contributed by atoms with Crippen LogP contribution in [0.2, 0.25) is 0 Å². The lowest BCUT2D eigenvalue weighted by molar-refractivity contribution is -0.385. The first-order valence-corrected chi connectivity index (χ1v) is 5.48. The van der Waals surface area contributed by atoms with Gasteiger partial charge in [-0.25, -0.2) is 0 Å². The molecule has 6 nitrogen and oxygen atoms in total. The Bertz CT molecular complexity index is 563. The number of nitro benzene ring substituents is 1. The van der Waals surface area contributed by atoms with Gasteiger partial charge in [-0.05, 0) is 22.0 Å². The van der Waals surface area contributed by atoms with E-state index < -0.39 is 16.6 Å². The fourth-order valence-corrected chi connectivity index (χ4v) is 1.68. The summed E-state index contributed by atoms with van der Waals surface area (Å²) in [6.07, 6.45) is 1.26. The Morgan fingerprint density at radius 3 is 2.83 bits per heavy atom. The van der Waals surface area contributed by atoms with E-state index in [2.05, 4.69) is 22.5 Å². The van der Waals surface area contributed by atoms with Crippen LogP contribution in [0.25, 0.3) is 0 Å². The molecule has 1 rings (SSSR count). The van der Waals surface area contributed by atoms with E-state index in [1.807, 2.05) is 0 Å². The molecule has 0 amide bonds. The molecule has 0 aliphatic rings. The molecule has 7 heteroatoms. The number of benzene rings is 1. The van der Waals surface area contributed by atoms with Crippen molar-refractivity contribution in [2.24, 2.45) is 0 Å². The van der Waals surface area contributed by atoms with Gasteiger partial charge in [-0.2, -0.15) is 5.26 Å². The zero-order valence-electron chi connectivity index (χ0n) is 9.05. The average molecular weight is 311 g/mol. The summed E-state index contributed by atoms with van der Waals surface area (Å²) < 4.78 is 5.04. The first-order chi connectivity index (χ1) is 8.49. The number of nitriles is 1. The Labute approximate surface area is 111 Å². The van der Waals surface area contributed by atoms with Gasteiger partial charge >= 0.3 is 11.7 Å². The van der Waals surface area contributed by atoms with Crippen molar-refractivity contribution in [1.29, 1.82) is 5.26 Å². The molecule has 0 radical (unpaired) electrons. The van der Waals surface area contributed by atoms with Crippen molar-refractivity contribution >= 4 is 27.6 Å². The molecule has 0 aliphatic heterocycles. The largest absolute Gasteiger partial charge is 0.418 e. The van der Waals surface area contributed by atoms with Gasteiger partial charge in [0.25, 0.3) is 0 Å². The molecule has 0 bridgehead atoms. The van der Waals surface area contributed by atoms with Crippen molar-refractivity contribution in [3.05, 3.63) is 44.9 Å². The van der Waals surface area contributed by atoms with Crippen molar-refractivity contribution in [3.63, 3.8) is 0 Å². The average Bonchev–Trinajstić information content (AvgIpc) is 2.31. The first-order valence-electron chi connectivity index (χ1n) is 4.69. The predicted octanol–water partition coefficient (Wildman–Crippen LogP) is 2.71. The molecule has 0 atom stereocenters. The molecule has 0 aliphatic carbocycles. The van der Waals surface area contributed by atoms with Crippen LogP contribution < -0.4 is 4.74 Å². The second-order valence-corrected chi connectivity index (χ2v) is 4.00. The standard InChI is InChI=1S/C11H7BrN2O4/c1-2-3-10(15)18-11-8(12)4-7(6-13)5-9(11)14(16)17/h2,4-5H,1,3H2. The molecule has 0 unspecified atom stereocenters. The quantitative estimate of drug-likeness (QED) is 0.280. The van der Waals surface area contributed by atoms with Crippen molar-refractivity contribution in [2.45, 2.75) is 6.42 Å². The predicted molar refractivity (Wildman–Crippen MR) is 66.0 cm³/mol. The van der Waals surface area contributed by atoms with Gasteiger partial charge in [0.15, 0.2) is 0 Å². The number of hydrogen-bond acceptors (Lipinski definition) is 5. The minimum Gasteiger partial charge on any atom is -0.418 e. The molecule has 1 aromatic rings. The molecule has 1 aromatic carbocycles. The third-order valence-corrected chi connectivity index (χ3v) is 2.47. The molecule has 0 saturated carbocycles. The zero-order valence-corrected chi connectivity index (χ0v) is 10.6. The molecule has 18 heavy (non-hydrogen) atoms. The molecule has 92 valence electrons. The van der Waals surface area contributed by atoms with Gasteiger partial charge in [0.2, 0.25) is 5.75 Å². The third-order valence-electron chi connectivity index (χ3n) is 1.88. The van der Waals surface area contributed by atoms with Gasteiger partial charge in [0, 0.05) is 6.07 Å². The number of carbonyl (C=O) groups is 1. The minimum absolute atomic E-state index is 0.0659. The Morgan fingerprint density at radius 1 is 1.67 bits per heavy atom. The van der Waals surface area contributed by atoms with Crippen LogP contribution in [0.3, 0.4) is 0 Å². The van der Waals surface area contributed by atoms with Crippen LogP contribution in [0.5, 0.6) is 5.75 Å². The van der Waals surface area contributed by atoms with E-state index in [0.29, 0.717) is 0 Å². The maximum absolute atomic E-state index is 11.3. The lowest BCUT2D eigenvalue weighted by Gasteiger charge is -2.06. The number of nitrogens with zero attached hydrogens (tertiary/aromatic N) is 2. The second kappa shape index (κ2) is 5.93. The van der Waals surface area contributed by atoms with Crippen LogP contribution in [0.1, 0.15) is 12.0 Å². The highest BCUT2D eigenvalue weighted by molar-refractivity contribution is 9.10. The maximum atomic E-state index is 11.3. The molecule has 0 fully saturated rings.